The Balaban J connectivity index is 1.42. The molecule has 1 aliphatic heterocycles. The Morgan fingerprint density at radius 3 is 1.78 bits per heavy atom. The lowest BCUT2D eigenvalue weighted by atomic mass is 10.2. The van der Waals surface area contributed by atoms with Gasteiger partial charge in [0.25, 0.3) is 0 Å². The quantitative estimate of drug-likeness (QED) is 0.645. The molecule has 1 heterocycles. The number of nitrogens with one attached hydrogen (secondary N) is 1. The molecular weight excluding hydrogens is 400 g/mol. The molecule has 6 heteroatoms. The minimum Gasteiger partial charge on any atom is -0.334 e. The Morgan fingerprint density at radius 2 is 1.19 bits per heavy atom. The van der Waals surface area contributed by atoms with E-state index in [-0.39, 0.29) is 12.1 Å². The van der Waals surface area contributed by atoms with Crippen LogP contribution in [0.15, 0.2) is 91.0 Å². The van der Waals surface area contributed by atoms with Crippen molar-refractivity contribution < 1.29 is 9.59 Å². The topological polar surface area (TPSA) is 55.9 Å². The first-order valence-corrected chi connectivity index (χ1v) is 11.0. The third kappa shape index (κ3) is 5.27. The van der Waals surface area contributed by atoms with Crippen molar-refractivity contribution in [2.75, 3.05) is 31.1 Å². The first kappa shape index (κ1) is 21.4. The van der Waals surface area contributed by atoms with E-state index in [1.54, 1.807) is 9.80 Å². The average molecular weight is 429 g/mol. The summed E-state index contributed by atoms with van der Waals surface area (Å²) >= 11 is 0. The number of hydrogen-bond acceptors (Lipinski definition) is 2. The summed E-state index contributed by atoms with van der Waals surface area (Å²) in [5.41, 5.74) is 2.71. The summed E-state index contributed by atoms with van der Waals surface area (Å²) in [4.78, 5) is 31.6. The third-order valence-corrected chi connectivity index (χ3v) is 5.56. The standard InChI is InChI=1S/C26H28N4O2/c31-25(27-21-22-11-4-1-5-12-22)28-17-10-18-29(20-19-28)26(32)30(23-13-6-2-7-14-23)24-15-8-3-9-16-24/h1-9,11-16H,10,17-21H2,(H,27,31). The van der Waals surface area contributed by atoms with Crippen LogP contribution in [-0.4, -0.2) is 48.0 Å². The van der Waals surface area contributed by atoms with Gasteiger partial charge in [-0.25, -0.2) is 9.59 Å². The van der Waals surface area contributed by atoms with Gasteiger partial charge in [0, 0.05) is 32.7 Å². The summed E-state index contributed by atoms with van der Waals surface area (Å²) in [5, 5.41) is 2.99. The highest BCUT2D eigenvalue weighted by Crippen LogP contribution is 2.26. The molecule has 32 heavy (non-hydrogen) atoms. The van der Waals surface area contributed by atoms with Crippen LogP contribution in [0.3, 0.4) is 0 Å². The van der Waals surface area contributed by atoms with Gasteiger partial charge in [-0.3, -0.25) is 4.90 Å². The molecule has 1 saturated heterocycles. The van der Waals surface area contributed by atoms with E-state index >= 15 is 0 Å². The molecule has 0 aromatic heterocycles. The summed E-state index contributed by atoms with van der Waals surface area (Å²) in [5.74, 6) is 0. The molecule has 4 rings (SSSR count). The van der Waals surface area contributed by atoms with Crippen molar-refractivity contribution in [2.45, 2.75) is 13.0 Å². The number of para-hydroxylation sites is 2. The second-order valence-electron chi connectivity index (χ2n) is 7.76. The van der Waals surface area contributed by atoms with E-state index in [9.17, 15) is 9.59 Å². The van der Waals surface area contributed by atoms with Crippen molar-refractivity contribution in [1.29, 1.82) is 0 Å². The molecule has 0 saturated carbocycles. The fraction of sp³-hybridized carbons (Fsp3) is 0.231. The monoisotopic (exact) mass is 428 g/mol. The van der Waals surface area contributed by atoms with Gasteiger partial charge in [-0.2, -0.15) is 0 Å². The van der Waals surface area contributed by atoms with E-state index in [1.807, 2.05) is 95.9 Å². The lowest BCUT2D eigenvalue weighted by Gasteiger charge is -2.30. The molecule has 0 radical (unpaired) electrons. The van der Waals surface area contributed by atoms with Gasteiger partial charge in [0.2, 0.25) is 0 Å². The lowest BCUT2D eigenvalue weighted by molar-refractivity contribution is 0.194. The Bertz CT molecular complexity index is 972. The zero-order valence-electron chi connectivity index (χ0n) is 18.1. The van der Waals surface area contributed by atoms with Gasteiger partial charge in [0.1, 0.15) is 0 Å². The molecule has 1 fully saturated rings. The van der Waals surface area contributed by atoms with E-state index in [0.717, 1.165) is 23.4 Å². The van der Waals surface area contributed by atoms with Gasteiger partial charge >= 0.3 is 12.1 Å². The zero-order valence-corrected chi connectivity index (χ0v) is 18.1. The summed E-state index contributed by atoms with van der Waals surface area (Å²) in [6, 6.07) is 29.0. The van der Waals surface area contributed by atoms with Crippen LogP contribution in [-0.2, 0) is 6.54 Å². The lowest BCUT2D eigenvalue weighted by Crippen LogP contribution is -2.44. The minimum atomic E-state index is -0.0915. The van der Waals surface area contributed by atoms with Crippen LogP contribution in [0.5, 0.6) is 0 Å². The molecule has 3 aromatic rings. The number of urea groups is 2. The zero-order chi connectivity index (χ0) is 22.2. The summed E-state index contributed by atoms with van der Waals surface area (Å²) in [7, 11) is 0. The van der Waals surface area contributed by atoms with Crippen LogP contribution in [0.4, 0.5) is 21.0 Å². The van der Waals surface area contributed by atoms with Crippen molar-refractivity contribution in [3.63, 3.8) is 0 Å². The highest BCUT2D eigenvalue weighted by Gasteiger charge is 2.27. The molecule has 1 N–H and O–H groups in total. The number of nitrogens with zero attached hydrogens (tertiary/aromatic N) is 3. The number of benzene rings is 3. The molecule has 0 unspecified atom stereocenters. The van der Waals surface area contributed by atoms with E-state index in [2.05, 4.69) is 5.32 Å². The van der Waals surface area contributed by atoms with Crippen LogP contribution in [0.1, 0.15) is 12.0 Å². The Hall–Kier alpha value is -3.80. The van der Waals surface area contributed by atoms with Crippen molar-refractivity contribution in [2.24, 2.45) is 0 Å². The second-order valence-corrected chi connectivity index (χ2v) is 7.76. The number of amides is 4. The van der Waals surface area contributed by atoms with Gasteiger partial charge in [-0.15, -0.1) is 0 Å². The minimum absolute atomic E-state index is 0.0751. The van der Waals surface area contributed by atoms with Crippen LogP contribution in [0, 0.1) is 0 Å². The fourth-order valence-electron chi connectivity index (χ4n) is 3.86. The largest absolute Gasteiger partial charge is 0.334 e. The SMILES string of the molecule is O=C(NCc1ccccc1)N1CCCN(C(=O)N(c2ccccc2)c2ccccc2)CC1. The Morgan fingerprint density at radius 1 is 0.688 bits per heavy atom. The number of carbonyl (C=O) groups is 2. The van der Waals surface area contributed by atoms with Gasteiger partial charge < -0.3 is 15.1 Å². The summed E-state index contributed by atoms with van der Waals surface area (Å²) < 4.78 is 0. The molecule has 4 amide bonds. The number of rotatable bonds is 4. The maximum absolute atomic E-state index is 13.6. The molecule has 6 nitrogen and oxygen atoms in total. The van der Waals surface area contributed by atoms with Crippen molar-refractivity contribution in [3.8, 4) is 0 Å². The molecule has 3 aromatic carbocycles. The molecule has 0 aliphatic carbocycles. The molecule has 1 aliphatic rings. The number of carbonyl (C=O) groups excluding carboxylic acids is 2. The first-order valence-electron chi connectivity index (χ1n) is 11.0. The smallest absolute Gasteiger partial charge is 0.329 e. The maximum Gasteiger partial charge on any atom is 0.329 e. The van der Waals surface area contributed by atoms with Gasteiger partial charge in [-0.05, 0) is 36.2 Å². The predicted molar refractivity (Wildman–Crippen MR) is 127 cm³/mol. The predicted octanol–water partition coefficient (Wildman–Crippen LogP) is 4.86. The number of hydrogen-bond donors (Lipinski definition) is 1. The summed E-state index contributed by atoms with van der Waals surface area (Å²) in [6.07, 6.45) is 0.738. The van der Waals surface area contributed by atoms with Crippen LogP contribution in [0.2, 0.25) is 0 Å². The molecule has 0 atom stereocenters. The van der Waals surface area contributed by atoms with Gasteiger partial charge in [0.05, 0.1) is 11.4 Å². The van der Waals surface area contributed by atoms with Crippen LogP contribution >= 0.6 is 0 Å². The maximum atomic E-state index is 13.6. The van der Waals surface area contributed by atoms with E-state index in [1.165, 1.54) is 0 Å². The fourth-order valence-corrected chi connectivity index (χ4v) is 3.86. The highest BCUT2D eigenvalue weighted by atomic mass is 16.2. The molecule has 164 valence electrons. The summed E-state index contributed by atoms with van der Waals surface area (Å²) in [6.45, 7) is 2.73. The Kier molecular flexibility index (Phi) is 7.02. The van der Waals surface area contributed by atoms with Crippen molar-refractivity contribution in [3.05, 3.63) is 96.6 Å². The second kappa shape index (κ2) is 10.5. The van der Waals surface area contributed by atoms with E-state index in [4.69, 9.17) is 0 Å². The molecule has 0 bridgehead atoms. The van der Waals surface area contributed by atoms with Gasteiger partial charge in [-0.1, -0.05) is 66.7 Å². The third-order valence-electron chi connectivity index (χ3n) is 5.56. The van der Waals surface area contributed by atoms with Crippen molar-refractivity contribution in [1.82, 2.24) is 15.1 Å². The normalized spacial score (nSPS) is 13.9. The molecular formula is C26H28N4O2. The number of anilines is 2. The van der Waals surface area contributed by atoms with Crippen LogP contribution in [0.25, 0.3) is 0 Å². The van der Waals surface area contributed by atoms with Gasteiger partial charge in [0.15, 0.2) is 0 Å². The highest BCUT2D eigenvalue weighted by molar-refractivity contribution is 5.99. The average Bonchev–Trinajstić information content (AvgIpc) is 3.11. The van der Waals surface area contributed by atoms with Crippen LogP contribution < -0.4 is 10.2 Å². The van der Waals surface area contributed by atoms with Crippen molar-refractivity contribution >= 4 is 23.4 Å². The first-order chi connectivity index (χ1) is 15.7. The molecule has 0 spiro atoms. The Labute approximate surface area is 189 Å². The van der Waals surface area contributed by atoms with E-state index in [0.29, 0.717) is 32.7 Å². The van der Waals surface area contributed by atoms with E-state index < -0.39 is 0 Å².